The predicted molar refractivity (Wildman–Crippen MR) is 55.0 cm³/mol. The van der Waals surface area contributed by atoms with Crippen LogP contribution in [-0.4, -0.2) is 25.8 Å². The Morgan fingerprint density at radius 2 is 2.12 bits per heavy atom. The van der Waals surface area contributed by atoms with E-state index in [4.69, 9.17) is 4.74 Å². The molecule has 5 heteroatoms. The summed E-state index contributed by atoms with van der Waals surface area (Å²) in [7, 11) is 1.33. The monoisotopic (exact) mass is 221 g/mol. The Hall–Kier alpha value is -2.04. The summed E-state index contributed by atoms with van der Waals surface area (Å²) in [5, 5.41) is 2.66. The van der Waals surface area contributed by atoms with Gasteiger partial charge >= 0.3 is 12.1 Å². The van der Waals surface area contributed by atoms with Crippen LogP contribution in [0.4, 0.5) is 4.79 Å². The van der Waals surface area contributed by atoms with Crippen LogP contribution in [0.1, 0.15) is 22.0 Å². The zero-order valence-corrected chi connectivity index (χ0v) is 8.73. The third kappa shape index (κ3) is 1.98. The number of nitrogens with one attached hydrogen (secondary N) is 1. The van der Waals surface area contributed by atoms with Crippen LogP contribution < -0.4 is 5.32 Å². The fourth-order valence-electron chi connectivity index (χ4n) is 1.53. The number of ether oxygens (including phenoxy) is 2. The lowest BCUT2D eigenvalue weighted by molar-refractivity contribution is 0.0600. The van der Waals surface area contributed by atoms with E-state index < -0.39 is 6.09 Å². The van der Waals surface area contributed by atoms with E-state index in [0.29, 0.717) is 12.2 Å². The third-order valence-corrected chi connectivity index (χ3v) is 2.41. The summed E-state index contributed by atoms with van der Waals surface area (Å²) in [4.78, 5) is 22.0. The van der Waals surface area contributed by atoms with Gasteiger partial charge < -0.3 is 14.8 Å². The van der Waals surface area contributed by atoms with Gasteiger partial charge in [-0.15, -0.1) is 0 Å². The van der Waals surface area contributed by atoms with Gasteiger partial charge in [-0.2, -0.15) is 0 Å². The van der Waals surface area contributed by atoms with E-state index in [0.717, 1.165) is 5.56 Å². The molecular formula is C11H11NO4. The summed E-state index contributed by atoms with van der Waals surface area (Å²) in [5.74, 6) is -0.377. The van der Waals surface area contributed by atoms with Crippen molar-refractivity contribution < 1.29 is 19.1 Å². The Kier molecular flexibility index (Phi) is 2.76. The van der Waals surface area contributed by atoms with Crippen LogP contribution >= 0.6 is 0 Å². The van der Waals surface area contributed by atoms with Crippen molar-refractivity contribution in [3.63, 3.8) is 0 Å². The predicted octanol–water partition coefficient (Wildman–Crippen LogP) is 1.25. The number of esters is 1. The van der Waals surface area contributed by atoms with Crippen molar-refractivity contribution in [1.82, 2.24) is 5.32 Å². The number of alkyl carbamates (subject to hydrolysis) is 1. The van der Waals surface area contributed by atoms with Gasteiger partial charge in [-0.1, -0.05) is 12.1 Å². The molecule has 0 aromatic heterocycles. The van der Waals surface area contributed by atoms with Crippen molar-refractivity contribution in [2.45, 2.75) is 6.04 Å². The van der Waals surface area contributed by atoms with E-state index in [2.05, 4.69) is 10.1 Å². The highest BCUT2D eigenvalue weighted by atomic mass is 16.6. The van der Waals surface area contributed by atoms with Crippen molar-refractivity contribution in [1.29, 1.82) is 0 Å². The number of methoxy groups -OCH3 is 1. The maximum absolute atomic E-state index is 11.2. The Labute approximate surface area is 92.4 Å². The molecule has 16 heavy (non-hydrogen) atoms. The molecule has 1 aromatic rings. The van der Waals surface area contributed by atoms with Crippen molar-refractivity contribution in [3.05, 3.63) is 35.4 Å². The highest BCUT2D eigenvalue weighted by Gasteiger charge is 2.23. The number of hydrogen-bond donors (Lipinski definition) is 1. The van der Waals surface area contributed by atoms with Crippen LogP contribution in [0, 0.1) is 0 Å². The average Bonchev–Trinajstić information content (AvgIpc) is 2.75. The molecule has 1 heterocycles. The van der Waals surface area contributed by atoms with Gasteiger partial charge in [0.2, 0.25) is 0 Å². The highest BCUT2D eigenvalue weighted by Crippen LogP contribution is 2.18. The number of carbonyl (C=O) groups excluding carboxylic acids is 2. The first kappa shape index (κ1) is 10.5. The Morgan fingerprint density at radius 1 is 1.44 bits per heavy atom. The second-order valence-electron chi connectivity index (χ2n) is 3.41. The van der Waals surface area contributed by atoms with Crippen LogP contribution in [0.5, 0.6) is 0 Å². The quantitative estimate of drug-likeness (QED) is 0.763. The second kappa shape index (κ2) is 4.22. The van der Waals surface area contributed by atoms with Crippen LogP contribution in [0.25, 0.3) is 0 Å². The molecule has 1 N–H and O–H groups in total. The molecule has 0 spiro atoms. The zero-order valence-electron chi connectivity index (χ0n) is 8.73. The number of cyclic esters (lactones) is 1. The van der Waals surface area contributed by atoms with E-state index in [1.54, 1.807) is 24.3 Å². The van der Waals surface area contributed by atoms with Gasteiger partial charge in [0.25, 0.3) is 0 Å². The molecule has 0 saturated carbocycles. The smallest absolute Gasteiger partial charge is 0.407 e. The Bertz CT molecular complexity index is 412. The van der Waals surface area contributed by atoms with Gasteiger partial charge in [-0.3, -0.25) is 0 Å². The van der Waals surface area contributed by atoms with E-state index in [1.165, 1.54) is 7.11 Å². The number of amides is 1. The molecule has 1 atom stereocenters. The standard InChI is InChI=1S/C11H11NO4/c1-15-10(13)8-4-2-7(3-5-8)9-6-16-11(14)12-9/h2-5,9H,6H2,1H3,(H,12,14). The first-order chi connectivity index (χ1) is 7.70. The van der Waals surface area contributed by atoms with Gasteiger partial charge in [0.1, 0.15) is 6.61 Å². The molecule has 0 radical (unpaired) electrons. The lowest BCUT2D eigenvalue weighted by atomic mass is 10.1. The number of hydrogen-bond acceptors (Lipinski definition) is 4. The van der Waals surface area contributed by atoms with E-state index in [1.807, 2.05) is 0 Å². The van der Waals surface area contributed by atoms with Gasteiger partial charge in [0, 0.05) is 0 Å². The summed E-state index contributed by atoms with van der Waals surface area (Å²) >= 11 is 0. The molecule has 0 bridgehead atoms. The SMILES string of the molecule is COC(=O)c1ccc(C2COC(=O)N2)cc1. The summed E-state index contributed by atoms with van der Waals surface area (Å²) < 4.78 is 9.36. The zero-order chi connectivity index (χ0) is 11.5. The minimum atomic E-state index is -0.415. The fourth-order valence-corrected chi connectivity index (χ4v) is 1.53. The number of benzene rings is 1. The normalized spacial score (nSPS) is 18.8. The van der Waals surface area contributed by atoms with E-state index in [-0.39, 0.29) is 12.0 Å². The Balaban J connectivity index is 2.13. The molecule has 1 aliphatic rings. The maximum Gasteiger partial charge on any atom is 0.407 e. The summed E-state index contributed by atoms with van der Waals surface area (Å²) in [6.45, 7) is 0.316. The van der Waals surface area contributed by atoms with Gasteiger partial charge in [0.05, 0.1) is 18.7 Å². The Morgan fingerprint density at radius 3 is 2.62 bits per heavy atom. The third-order valence-electron chi connectivity index (χ3n) is 2.41. The maximum atomic E-state index is 11.2. The second-order valence-corrected chi connectivity index (χ2v) is 3.41. The largest absolute Gasteiger partial charge is 0.465 e. The molecule has 84 valence electrons. The number of carbonyl (C=O) groups is 2. The van der Waals surface area contributed by atoms with Gasteiger partial charge in [-0.25, -0.2) is 9.59 Å². The van der Waals surface area contributed by atoms with Crippen molar-refractivity contribution in [2.24, 2.45) is 0 Å². The molecule has 1 aliphatic heterocycles. The molecule has 2 rings (SSSR count). The van der Waals surface area contributed by atoms with Gasteiger partial charge in [0.15, 0.2) is 0 Å². The molecule has 1 fully saturated rings. The minimum Gasteiger partial charge on any atom is -0.465 e. The van der Waals surface area contributed by atoms with E-state index >= 15 is 0 Å². The molecule has 1 aromatic carbocycles. The minimum absolute atomic E-state index is 0.140. The van der Waals surface area contributed by atoms with Crippen LogP contribution in [-0.2, 0) is 9.47 Å². The number of rotatable bonds is 2. The molecule has 5 nitrogen and oxygen atoms in total. The molecular weight excluding hydrogens is 210 g/mol. The lowest BCUT2D eigenvalue weighted by Gasteiger charge is -2.07. The van der Waals surface area contributed by atoms with E-state index in [9.17, 15) is 9.59 Å². The van der Waals surface area contributed by atoms with Gasteiger partial charge in [-0.05, 0) is 17.7 Å². The first-order valence-corrected chi connectivity index (χ1v) is 4.82. The lowest BCUT2D eigenvalue weighted by Crippen LogP contribution is -2.18. The molecule has 1 saturated heterocycles. The molecule has 1 unspecified atom stereocenters. The van der Waals surface area contributed by atoms with Crippen molar-refractivity contribution >= 4 is 12.1 Å². The van der Waals surface area contributed by atoms with Crippen LogP contribution in [0.15, 0.2) is 24.3 Å². The summed E-state index contributed by atoms with van der Waals surface area (Å²) in [6.07, 6.45) is -0.415. The van der Waals surface area contributed by atoms with Crippen molar-refractivity contribution in [3.8, 4) is 0 Å². The van der Waals surface area contributed by atoms with Crippen molar-refractivity contribution in [2.75, 3.05) is 13.7 Å². The first-order valence-electron chi connectivity index (χ1n) is 4.82. The summed E-state index contributed by atoms with van der Waals surface area (Å²) in [6, 6.07) is 6.72. The summed E-state index contributed by atoms with van der Waals surface area (Å²) in [5.41, 5.74) is 1.38. The molecule has 0 aliphatic carbocycles. The highest BCUT2D eigenvalue weighted by molar-refractivity contribution is 5.89. The van der Waals surface area contributed by atoms with Crippen LogP contribution in [0.2, 0.25) is 0 Å². The topological polar surface area (TPSA) is 64.6 Å². The average molecular weight is 221 g/mol. The molecule has 1 amide bonds. The van der Waals surface area contributed by atoms with Crippen LogP contribution in [0.3, 0.4) is 0 Å². The fraction of sp³-hybridized carbons (Fsp3) is 0.273.